The molecule has 0 atom stereocenters. The Balaban J connectivity index is 1.64. The number of amides is 3. The Morgan fingerprint density at radius 2 is 1.68 bits per heavy atom. The minimum Gasteiger partial charge on any atom is -0.495 e. The number of hydrogen-bond donors (Lipinski definition) is 1. The molecule has 8 heteroatoms. The van der Waals surface area contributed by atoms with Crippen molar-refractivity contribution in [3.8, 4) is 17.2 Å². The van der Waals surface area contributed by atoms with Crippen molar-refractivity contribution < 1.29 is 23.8 Å². The molecule has 0 bridgehead atoms. The summed E-state index contributed by atoms with van der Waals surface area (Å²) in [5.74, 6) is 1.41. The molecule has 1 aliphatic rings. The quantitative estimate of drug-likeness (QED) is 0.792. The average molecular weight is 385 g/mol. The fourth-order valence-electron chi connectivity index (χ4n) is 3.09. The molecule has 2 aromatic carbocycles. The molecule has 1 aliphatic heterocycles. The van der Waals surface area contributed by atoms with Crippen LogP contribution in [0.5, 0.6) is 17.2 Å². The van der Waals surface area contributed by atoms with Gasteiger partial charge in [0.1, 0.15) is 12.3 Å². The van der Waals surface area contributed by atoms with E-state index in [0.29, 0.717) is 41.7 Å². The first-order valence-electron chi connectivity index (χ1n) is 8.78. The van der Waals surface area contributed by atoms with Gasteiger partial charge < -0.3 is 24.4 Å². The number of ether oxygens (including phenoxy) is 3. The number of para-hydroxylation sites is 2. The summed E-state index contributed by atoms with van der Waals surface area (Å²) in [6.45, 7) is 0.901. The molecular weight excluding hydrogens is 362 g/mol. The van der Waals surface area contributed by atoms with Gasteiger partial charge in [-0.2, -0.15) is 0 Å². The third kappa shape index (κ3) is 3.95. The maximum atomic E-state index is 12.7. The second-order valence-corrected chi connectivity index (χ2v) is 6.15. The van der Waals surface area contributed by atoms with Gasteiger partial charge in [-0.3, -0.25) is 9.69 Å². The SMILES string of the molecule is COc1ccc(NC(=O)CN2CCN(c3ccccc3OC)C2=O)cc1OC. The van der Waals surface area contributed by atoms with Crippen LogP contribution in [0.1, 0.15) is 0 Å². The lowest BCUT2D eigenvalue weighted by molar-refractivity contribution is -0.116. The van der Waals surface area contributed by atoms with Crippen molar-refractivity contribution in [3.63, 3.8) is 0 Å². The van der Waals surface area contributed by atoms with Crippen molar-refractivity contribution in [2.24, 2.45) is 0 Å². The smallest absolute Gasteiger partial charge is 0.325 e. The van der Waals surface area contributed by atoms with Crippen LogP contribution in [0.3, 0.4) is 0 Å². The molecule has 1 N–H and O–H groups in total. The number of nitrogens with one attached hydrogen (secondary N) is 1. The normalized spacial score (nSPS) is 13.5. The van der Waals surface area contributed by atoms with Crippen molar-refractivity contribution in [2.75, 3.05) is 51.2 Å². The van der Waals surface area contributed by atoms with Crippen LogP contribution in [-0.2, 0) is 4.79 Å². The molecule has 0 saturated carbocycles. The standard InChI is InChI=1S/C20H23N3O5/c1-26-16-7-5-4-6-15(16)23-11-10-22(20(23)25)13-19(24)21-14-8-9-17(27-2)18(12-14)28-3/h4-9,12H,10-11,13H2,1-3H3,(H,21,24). The summed E-state index contributed by atoms with van der Waals surface area (Å²) in [6, 6.07) is 12.2. The van der Waals surface area contributed by atoms with E-state index < -0.39 is 0 Å². The summed E-state index contributed by atoms with van der Waals surface area (Å²) >= 11 is 0. The molecule has 0 spiro atoms. The zero-order valence-electron chi connectivity index (χ0n) is 16.1. The van der Waals surface area contributed by atoms with Crippen LogP contribution in [0.4, 0.5) is 16.2 Å². The summed E-state index contributed by atoms with van der Waals surface area (Å²) in [5, 5.41) is 2.78. The Labute approximate surface area is 163 Å². The van der Waals surface area contributed by atoms with Gasteiger partial charge in [0.15, 0.2) is 11.5 Å². The second-order valence-electron chi connectivity index (χ2n) is 6.15. The first-order valence-corrected chi connectivity index (χ1v) is 8.78. The Morgan fingerprint density at radius 3 is 2.39 bits per heavy atom. The molecule has 1 saturated heterocycles. The number of carbonyl (C=O) groups is 2. The van der Waals surface area contributed by atoms with Crippen molar-refractivity contribution >= 4 is 23.3 Å². The van der Waals surface area contributed by atoms with E-state index >= 15 is 0 Å². The van der Waals surface area contributed by atoms with Gasteiger partial charge >= 0.3 is 6.03 Å². The first kappa shape index (κ1) is 19.3. The topological polar surface area (TPSA) is 80.3 Å². The first-order chi connectivity index (χ1) is 13.6. The summed E-state index contributed by atoms with van der Waals surface area (Å²) in [5.41, 5.74) is 1.26. The molecule has 28 heavy (non-hydrogen) atoms. The van der Waals surface area contributed by atoms with Crippen molar-refractivity contribution in [1.29, 1.82) is 0 Å². The van der Waals surface area contributed by atoms with E-state index in [9.17, 15) is 9.59 Å². The van der Waals surface area contributed by atoms with Crippen LogP contribution >= 0.6 is 0 Å². The Bertz CT molecular complexity index is 871. The molecule has 148 valence electrons. The molecule has 0 aliphatic carbocycles. The predicted octanol–water partition coefficient (Wildman–Crippen LogP) is 2.59. The van der Waals surface area contributed by atoms with Crippen LogP contribution in [-0.4, -0.2) is 57.8 Å². The van der Waals surface area contributed by atoms with Gasteiger partial charge in [0.2, 0.25) is 5.91 Å². The molecule has 3 rings (SSSR count). The second kappa shape index (κ2) is 8.51. The van der Waals surface area contributed by atoms with Crippen LogP contribution in [0.2, 0.25) is 0 Å². The third-order valence-electron chi connectivity index (χ3n) is 4.47. The van der Waals surface area contributed by atoms with Crippen LogP contribution in [0.25, 0.3) is 0 Å². The van der Waals surface area contributed by atoms with E-state index in [1.165, 1.54) is 12.0 Å². The van der Waals surface area contributed by atoms with E-state index in [-0.39, 0.29) is 18.5 Å². The lowest BCUT2D eigenvalue weighted by Gasteiger charge is -2.20. The molecule has 2 aromatic rings. The number of urea groups is 1. The highest BCUT2D eigenvalue weighted by atomic mass is 16.5. The summed E-state index contributed by atoms with van der Waals surface area (Å²) in [6.07, 6.45) is 0. The highest BCUT2D eigenvalue weighted by Gasteiger charge is 2.32. The van der Waals surface area contributed by atoms with Gasteiger partial charge in [-0.15, -0.1) is 0 Å². The molecule has 1 heterocycles. The van der Waals surface area contributed by atoms with Gasteiger partial charge in [-0.05, 0) is 24.3 Å². The monoisotopic (exact) mass is 385 g/mol. The zero-order valence-corrected chi connectivity index (χ0v) is 16.1. The number of benzene rings is 2. The average Bonchev–Trinajstić information content (AvgIpc) is 3.07. The highest BCUT2D eigenvalue weighted by molar-refractivity contribution is 6.00. The highest BCUT2D eigenvalue weighted by Crippen LogP contribution is 2.31. The maximum absolute atomic E-state index is 12.7. The number of carbonyl (C=O) groups excluding carboxylic acids is 2. The molecule has 0 unspecified atom stereocenters. The van der Waals surface area contributed by atoms with Gasteiger partial charge in [0, 0.05) is 24.8 Å². The van der Waals surface area contributed by atoms with Gasteiger partial charge in [-0.1, -0.05) is 12.1 Å². The minimum absolute atomic E-state index is 0.0428. The van der Waals surface area contributed by atoms with E-state index in [0.717, 1.165) is 0 Å². The number of rotatable bonds is 7. The van der Waals surface area contributed by atoms with Crippen LogP contribution < -0.4 is 24.4 Å². The zero-order chi connectivity index (χ0) is 20.1. The van der Waals surface area contributed by atoms with E-state index in [1.54, 1.807) is 43.4 Å². The molecule has 0 aromatic heterocycles. The molecule has 8 nitrogen and oxygen atoms in total. The van der Waals surface area contributed by atoms with E-state index in [4.69, 9.17) is 14.2 Å². The van der Waals surface area contributed by atoms with Crippen molar-refractivity contribution in [2.45, 2.75) is 0 Å². The lowest BCUT2D eigenvalue weighted by Crippen LogP contribution is -2.37. The lowest BCUT2D eigenvalue weighted by atomic mass is 10.2. The van der Waals surface area contributed by atoms with Gasteiger partial charge in [0.05, 0.1) is 27.0 Å². The fraction of sp³-hybridized carbons (Fsp3) is 0.300. The summed E-state index contributed by atoms with van der Waals surface area (Å²) < 4.78 is 15.7. The molecule has 1 fully saturated rings. The Hall–Kier alpha value is -3.42. The number of anilines is 2. The van der Waals surface area contributed by atoms with Crippen LogP contribution in [0.15, 0.2) is 42.5 Å². The molecule has 0 radical (unpaired) electrons. The maximum Gasteiger partial charge on any atom is 0.325 e. The molecule has 3 amide bonds. The predicted molar refractivity (Wildman–Crippen MR) is 105 cm³/mol. The Kier molecular flexibility index (Phi) is 5.88. The number of methoxy groups -OCH3 is 3. The summed E-state index contributed by atoms with van der Waals surface area (Å²) in [4.78, 5) is 28.3. The number of hydrogen-bond acceptors (Lipinski definition) is 5. The van der Waals surface area contributed by atoms with Gasteiger partial charge in [-0.25, -0.2) is 4.79 Å². The van der Waals surface area contributed by atoms with Gasteiger partial charge in [0.25, 0.3) is 0 Å². The Morgan fingerprint density at radius 1 is 0.964 bits per heavy atom. The van der Waals surface area contributed by atoms with Crippen LogP contribution in [0, 0.1) is 0 Å². The summed E-state index contributed by atoms with van der Waals surface area (Å²) in [7, 11) is 4.63. The third-order valence-corrected chi connectivity index (χ3v) is 4.47. The number of nitrogens with zero attached hydrogens (tertiary/aromatic N) is 2. The van der Waals surface area contributed by atoms with E-state index in [1.807, 2.05) is 18.2 Å². The largest absolute Gasteiger partial charge is 0.495 e. The van der Waals surface area contributed by atoms with Crippen molar-refractivity contribution in [1.82, 2.24) is 4.90 Å². The fourth-order valence-corrected chi connectivity index (χ4v) is 3.09. The minimum atomic E-state index is -0.289. The van der Waals surface area contributed by atoms with E-state index in [2.05, 4.69) is 5.32 Å². The van der Waals surface area contributed by atoms with Crippen molar-refractivity contribution in [3.05, 3.63) is 42.5 Å². The molecular formula is C20H23N3O5.